The zero-order chi connectivity index (χ0) is 15.4. The molecule has 1 amide bonds. The molecule has 0 fully saturated rings. The standard InChI is InChI=1S/C15H16BrF2NO2/c1-2-21-11-5-3-10(4-6-11)13-8-7-12(16)15(20)19(13)9-14(17)18/h3-6,8,12,14H,2,7,9H2,1H3. The summed E-state index contributed by atoms with van der Waals surface area (Å²) >= 11 is 3.22. The van der Waals surface area contributed by atoms with Crippen molar-refractivity contribution in [3.05, 3.63) is 35.9 Å². The molecule has 0 aromatic heterocycles. The average molecular weight is 360 g/mol. The summed E-state index contributed by atoms with van der Waals surface area (Å²) in [5, 5.41) is 0. The Kier molecular flexibility index (Phi) is 5.33. The van der Waals surface area contributed by atoms with E-state index in [1.165, 1.54) is 0 Å². The van der Waals surface area contributed by atoms with E-state index in [1.807, 2.05) is 6.92 Å². The second-order valence-electron chi connectivity index (χ2n) is 4.59. The molecule has 1 aliphatic rings. The van der Waals surface area contributed by atoms with Gasteiger partial charge >= 0.3 is 0 Å². The van der Waals surface area contributed by atoms with Crippen LogP contribution < -0.4 is 4.74 Å². The van der Waals surface area contributed by atoms with E-state index in [4.69, 9.17) is 4.74 Å². The summed E-state index contributed by atoms with van der Waals surface area (Å²) in [5.74, 6) is 0.379. The van der Waals surface area contributed by atoms with Crippen LogP contribution in [0.3, 0.4) is 0 Å². The van der Waals surface area contributed by atoms with Crippen molar-refractivity contribution in [3.8, 4) is 5.75 Å². The van der Waals surface area contributed by atoms with Gasteiger partial charge in [0.2, 0.25) is 5.91 Å². The highest BCUT2D eigenvalue weighted by Gasteiger charge is 2.31. The number of benzene rings is 1. The van der Waals surface area contributed by atoms with E-state index in [-0.39, 0.29) is 5.91 Å². The lowest BCUT2D eigenvalue weighted by molar-refractivity contribution is -0.129. The van der Waals surface area contributed by atoms with Crippen molar-refractivity contribution >= 4 is 27.5 Å². The molecule has 114 valence electrons. The second kappa shape index (κ2) is 7.02. The molecule has 1 aromatic rings. The van der Waals surface area contributed by atoms with Crippen molar-refractivity contribution in [1.82, 2.24) is 4.90 Å². The molecular weight excluding hydrogens is 344 g/mol. The van der Waals surface area contributed by atoms with Gasteiger partial charge in [0.15, 0.2) is 0 Å². The largest absolute Gasteiger partial charge is 0.494 e. The third-order valence-electron chi connectivity index (χ3n) is 3.12. The molecule has 21 heavy (non-hydrogen) atoms. The summed E-state index contributed by atoms with van der Waals surface area (Å²) in [6.07, 6.45) is -0.280. The highest BCUT2D eigenvalue weighted by atomic mass is 79.9. The van der Waals surface area contributed by atoms with Crippen molar-refractivity contribution in [1.29, 1.82) is 0 Å². The van der Waals surface area contributed by atoms with Crippen LogP contribution in [0, 0.1) is 0 Å². The van der Waals surface area contributed by atoms with Gasteiger partial charge in [0.25, 0.3) is 6.43 Å². The fourth-order valence-electron chi connectivity index (χ4n) is 2.20. The normalized spacial score (nSPS) is 18.9. The van der Waals surface area contributed by atoms with Gasteiger partial charge in [0.1, 0.15) is 5.75 Å². The van der Waals surface area contributed by atoms with Gasteiger partial charge in [-0.3, -0.25) is 4.79 Å². The van der Waals surface area contributed by atoms with Gasteiger partial charge in [0, 0.05) is 5.70 Å². The predicted molar refractivity (Wildman–Crippen MR) is 80.6 cm³/mol. The van der Waals surface area contributed by atoms with E-state index in [2.05, 4.69) is 15.9 Å². The average Bonchev–Trinajstić information content (AvgIpc) is 2.45. The first-order valence-corrected chi connectivity index (χ1v) is 7.61. The molecule has 1 unspecified atom stereocenters. The molecule has 0 N–H and O–H groups in total. The Hall–Kier alpha value is -1.43. The topological polar surface area (TPSA) is 29.5 Å². The van der Waals surface area contributed by atoms with Crippen molar-refractivity contribution in [2.24, 2.45) is 0 Å². The zero-order valence-corrected chi connectivity index (χ0v) is 13.1. The Labute approximate surface area is 130 Å². The summed E-state index contributed by atoms with van der Waals surface area (Å²) in [4.78, 5) is 12.8. The summed E-state index contributed by atoms with van der Waals surface area (Å²) in [6.45, 7) is 1.85. The lowest BCUT2D eigenvalue weighted by Gasteiger charge is -2.31. The molecule has 0 aliphatic carbocycles. The maximum absolute atomic E-state index is 12.7. The number of allylic oxidation sites excluding steroid dienone is 1. The van der Waals surface area contributed by atoms with E-state index in [1.54, 1.807) is 30.3 Å². The molecule has 6 heteroatoms. The van der Waals surface area contributed by atoms with Crippen molar-refractivity contribution in [2.45, 2.75) is 24.6 Å². The molecule has 2 rings (SSSR count). The number of carbonyl (C=O) groups is 1. The first-order valence-electron chi connectivity index (χ1n) is 6.70. The van der Waals surface area contributed by atoms with Crippen LogP contribution in [0.4, 0.5) is 8.78 Å². The van der Waals surface area contributed by atoms with Gasteiger partial charge in [-0.2, -0.15) is 0 Å². The number of nitrogens with zero attached hydrogens (tertiary/aromatic N) is 1. The minimum Gasteiger partial charge on any atom is -0.494 e. The van der Waals surface area contributed by atoms with E-state index in [0.29, 0.717) is 24.5 Å². The fourth-order valence-corrected chi connectivity index (χ4v) is 2.64. The molecule has 0 saturated carbocycles. The third kappa shape index (κ3) is 3.81. The predicted octanol–water partition coefficient (Wildman–Crippen LogP) is 3.69. The maximum Gasteiger partial charge on any atom is 0.256 e. The third-order valence-corrected chi connectivity index (χ3v) is 3.89. The lowest BCUT2D eigenvalue weighted by atomic mass is 10.0. The number of rotatable bonds is 5. The quantitative estimate of drug-likeness (QED) is 0.750. The molecule has 1 aromatic carbocycles. The Morgan fingerprint density at radius 1 is 1.38 bits per heavy atom. The summed E-state index contributed by atoms with van der Waals surface area (Å²) < 4.78 is 30.8. The SMILES string of the molecule is CCOc1ccc(C2=CCC(Br)C(=O)N2CC(F)F)cc1. The number of carbonyl (C=O) groups excluding carboxylic acids is 1. The monoisotopic (exact) mass is 359 g/mol. The van der Waals surface area contributed by atoms with Crippen LogP contribution in [-0.4, -0.2) is 35.2 Å². The van der Waals surface area contributed by atoms with Crippen LogP contribution in [0.5, 0.6) is 5.75 Å². The molecule has 1 aliphatic heterocycles. The van der Waals surface area contributed by atoms with E-state index in [0.717, 1.165) is 10.5 Å². The summed E-state index contributed by atoms with van der Waals surface area (Å²) in [5.41, 5.74) is 1.26. The number of halogens is 3. The van der Waals surface area contributed by atoms with Crippen molar-refractivity contribution < 1.29 is 18.3 Å². The number of alkyl halides is 3. The molecule has 0 saturated heterocycles. The van der Waals surface area contributed by atoms with Gasteiger partial charge in [-0.1, -0.05) is 22.0 Å². The van der Waals surface area contributed by atoms with E-state index in [9.17, 15) is 13.6 Å². The summed E-state index contributed by atoms with van der Waals surface area (Å²) in [6, 6.07) is 7.09. The maximum atomic E-state index is 12.7. The molecule has 1 atom stereocenters. The Morgan fingerprint density at radius 2 is 2.05 bits per heavy atom. The van der Waals surface area contributed by atoms with Gasteiger partial charge in [-0.15, -0.1) is 0 Å². The Bertz CT molecular complexity index is 531. The van der Waals surface area contributed by atoms with Gasteiger partial charge in [0.05, 0.1) is 18.0 Å². The minimum atomic E-state index is -2.57. The highest BCUT2D eigenvalue weighted by Crippen LogP contribution is 2.30. The van der Waals surface area contributed by atoms with Crippen LogP contribution >= 0.6 is 15.9 Å². The number of hydrogen-bond acceptors (Lipinski definition) is 2. The van der Waals surface area contributed by atoms with Crippen molar-refractivity contribution in [3.63, 3.8) is 0 Å². The zero-order valence-electron chi connectivity index (χ0n) is 11.6. The van der Waals surface area contributed by atoms with Crippen LogP contribution in [0.1, 0.15) is 18.9 Å². The lowest BCUT2D eigenvalue weighted by Crippen LogP contribution is -2.40. The smallest absolute Gasteiger partial charge is 0.256 e. The summed E-state index contributed by atoms with van der Waals surface area (Å²) in [7, 11) is 0. The Balaban J connectivity index is 2.28. The Morgan fingerprint density at radius 3 is 2.62 bits per heavy atom. The van der Waals surface area contributed by atoms with Crippen molar-refractivity contribution in [2.75, 3.05) is 13.2 Å². The number of ether oxygens (including phenoxy) is 1. The number of hydrogen-bond donors (Lipinski definition) is 0. The second-order valence-corrected chi connectivity index (χ2v) is 5.70. The molecule has 1 heterocycles. The molecular formula is C15H16BrF2NO2. The molecule has 0 spiro atoms. The van der Waals surface area contributed by atoms with E-state index < -0.39 is 17.8 Å². The van der Waals surface area contributed by atoms with Gasteiger partial charge < -0.3 is 9.64 Å². The molecule has 0 radical (unpaired) electrons. The fraction of sp³-hybridized carbons (Fsp3) is 0.400. The van der Waals surface area contributed by atoms with E-state index >= 15 is 0 Å². The minimum absolute atomic E-state index is 0.332. The van der Waals surface area contributed by atoms with Crippen LogP contribution in [-0.2, 0) is 4.79 Å². The number of amides is 1. The van der Waals surface area contributed by atoms with Gasteiger partial charge in [-0.05, 0) is 43.2 Å². The van der Waals surface area contributed by atoms with Gasteiger partial charge in [-0.25, -0.2) is 8.78 Å². The first kappa shape index (κ1) is 15.9. The van der Waals surface area contributed by atoms with Crippen LogP contribution in [0.15, 0.2) is 30.3 Å². The first-order chi connectivity index (χ1) is 10.0. The van der Waals surface area contributed by atoms with Crippen LogP contribution in [0.2, 0.25) is 0 Å². The van der Waals surface area contributed by atoms with Crippen LogP contribution in [0.25, 0.3) is 5.70 Å². The molecule has 0 bridgehead atoms. The molecule has 3 nitrogen and oxygen atoms in total. The highest BCUT2D eigenvalue weighted by molar-refractivity contribution is 9.10.